The molecular formula is C23H33O4P. The van der Waals surface area contributed by atoms with Crippen LogP contribution in [0.15, 0.2) is 48.5 Å². The zero-order valence-corrected chi connectivity index (χ0v) is 18.4. The van der Waals surface area contributed by atoms with Crippen LogP contribution in [-0.4, -0.2) is 6.61 Å². The first-order valence-electron chi connectivity index (χ1n) is 10.1. The van der Waals surface area contributed by atoms with E-state index in [0.29, 0.717) is 18.1 Å². The van der Waals surface area contributed by atoms with E-state index in [4.69, 9.17) is 13.6 Å². The second-order valence-electron chi connectivity index (χ2n) is 7.69. The molecule has 0 aromatic heterocycles. The van der Waals surface area contributed by atoms with Crippen molar-refractivity contribution in [1.82, 2.24) is 0 Å². The molecule has 0 aliphatic carbocycles. The van der Waals surface area contributed by atoms with Crippen LogP contribution in [-0.2, 0) is 9.09 Å². The first kappa shape index (κ1) is 22.5. The van der Waals surface area contributed by atoms with Crippen molar-refractivity contribution in [2.24, 2.45) is 5.92 Å². The second kappa shape index (κ2) is 11.3. The lowest BCUT2D eigenvalue weighted by Gasteiger charge is -2.19. The van der Waals surface area contributed by atoms with E-state index in [1.54, 1.807) is 24.3 Å². The highest BCUT2D eigenvalue weighted by atomic mass is 31.2. The Balaban J connectivity index is 1.94. The number of hydrogen-bond acceptors (Lipinski definition) is 4. The standard InChI is InChI=1S/C23H33O4P/c1-19(2)9-7-5-6-8-18-25-28(24,26-22-14-10-20(3)11-15-22)27-23-16-12-21(4)13-17-23/h10-17,19H,5-9,18H2,1-4H3. The van der Waals surface area contributed by atoms with Gasteiger partial charge in [-0.05, 0) is 50.5 Å². The van der Waals surface area contributed by atoms with Gasteiger partial charge in [0.15, 0.2) is 0 Å². The zero-order chi connectivity index (χ0) is 20.4. The van der Waals surface area contributed by atoms with Crippen LogP contribution >= 0.6 is 7.82 Å². The van der Waals surface area contributed by atoms with Gasteiger partial charge in [-0.2, -0.15) is 0 Å². The smallest absolute Gasteiger partial charge is 0.395 e. The Labute approximate surface area is 169 Å². The number of aryl methyl sites for hydroxylation is 2. The highest BCUT2D eigenvalue weighted by Gasteiger charge is 2.30. The second-order valence-corrected chi connectivity index (χ2v) is 9.20. The van der Waals surface area contributed by atoms with Gasteiger partial charge in [-0.3, -0.25) is 4.52 Å². The summed E-state index contributed by atoms with van der Waals surface area (Å²) in [7, 11) is -3.76. The summed E-state index contributed by atoms with van der Waals surface area (Å²) < 4.78 is 30.2. The number of hydrogen-bond donors (Lipinski definition) is 0. The van der Waals surface area contributed by atoms with Gasteiger partial charge in [-0.1, -0.05) is 74.9 Å². The molecule has 2 aromatic carbocycles. The monoisotopic (exact) mass is 404 g/mol. The van der Waals surface area contributed by atoms with Crippen molar-refractivity contribution in [2.45, 2.75) is 59.8 Å². The molecule has 0 heterocycles. The fourth-order valence-corrected chi connectivity index (χ4v) is 3.97. The van der Waals surface area contributed by atoms with Gasteiger partial charge < -0.3 is 9.05 Å². The maximum absolute atomic E-state index is 13.2. The maximum Gasteiger partial charge on any atom is 0.587 e. The van der Waals surface area contributed by atoms with Crippen LogP contribution in [0.1, 0.15) is 57.1 Å². The van der Waals surface area contributed by atoms with Crippen LogP contribution in [0.2, 0.25) is 0 Å². The van der Waals surface area contributed by atoms with Crippen molar-refractivity contribution in [3.8, 4) is 11.5 Å². The summed E-state index contributed by atoms with van der Waals surface area (Å²) in [6, 6.07) is 14.7. The molecule has 0 amide bonds. The fourth-order valence-electron chi connectivity index (χ4n) is 2.71. The predicted molar refractivity (Wildman–Crippen MR) is 115 cm³/mol. The number of phosphoric acid groups is 1. The third-order valence-corrected chi connectivity index (χ3v) is 5.77. The van der Waals surface area contributed by atoms with Crippen LogP contribution < -0.4 is 9.05 Å². The molecule has 0 unspecified atom stereocenters. The van der Waals surface area contributed by atoms with E-state index < -0.39 is 7.82 Å². The van der Waals surface area contributed by atoms with Crippen LogP contribution in [0.5, 0.6) is 11.5 Å². The Morgan fingerprint density at radius 2 is 1.21 bits per heavy atom. The minimum absolute atomic E-state index is 0.344. The molecule has 0 saturated heterocycles. The summed E-state index contributed by atoms with van der Waals surface area (Å²) in [6.07, 6.45) is 5.49. The number of unbranched alkanes of at least 4 members (excludes halogenated alkanes) is 3. The normalized spacial score (nSPS) is 11.6. The third-order valence-electron chi connectivity index (χ3n) is 4.40. The summed E-state index contributed by atoms with van der Waals surface area (Å²) in [5.41, 5.74) is 2.20. The van der Waals surface area contributed by atoms with Crippen LogP contribution in [0.25, 0.3) is 0 Å². The van der Waals surface area contributed by atoms with Gasteiger partial charge in [0.25, 0.3) is 0 Å². The van der Waals surface area contributed by atoms with Crippen molar-refractivity contribution < 1.29 is 18.1 Å². The molecule has 0 fully saturated rings. The molecule has 0 spiro atoms. The van der Waals surface area contributed by atoms with Gasteiger partial charge >= 0.3 is 7.82 Å². The van der Waals surface area contributed by atoms with E-state index in [1.807, 2.05) is 38.1 Å². The topological polar surface area (TPSA) is 44.8 Å². The van der Waals surface area contributed by atoms with E-state index in [9.17, 15) is 4.57 Å². The number of phosphoric ester groups is 1. The lowest BCUT2D eigenvalue weighted by molar-refractivity contribution is 0.205. The highest BCUT2D eigenvalue weighted by molar-refractivity contribution is 7.49. The molecule has 0 bridgehead atoms. The van der Waals surface area contributed by atoms with E-state index >= 15 is 0 Å². The number of benzene rings is 2. The molecule has 0 N–H and O–H groups in total. The van der Waals surface area contributed by atoms with Gasteiger partial charge in [-0.25, -0.2) is 4.57 Å². The Bertz CT molecular complexity index is 687. The van der Waals surface area contributed by atoms with Crippen molar-refractivity contribution in [3.05, 3.63) is 59.7 Å². The summed E-state index contributed by atoms with van der Waals surface area (Å²) in [5, 5.41) is 0. The quantitative estimate of drug-likeness (QED) is 0.271. The van der Waals surface area contributed by atoms with Gasteiger partial charge in [0.05, 0.1) is 6.61 Å². The number of rotatable bonds is 12. The van der Waals surface area contributed by atoms with Crippen LogP contribution in [0, 0.1) is 19.8 Å². The lowest BCUT2D eigenvalue weighted by Crippen LogP contribution is -2.06. The third kappa shape index (κ3) is 8.50. The molecule has 0 aliphatic rings. The zero-order valence-electron chi connectivity index (χ0n) is 17.5. The molecule has 2 aromatic rings. The average molecular weight is 404 g/mol. The summed E-state index contributed by atoms with van der Waals surface area (Å²) >= 11 is 0. The molecule has 2 rings (SSSR count). The molecule has 0 aliphatic heterocycles. The van der Waals surface area contributed by atoms with Gasteiger partial charge in [0.1, 0.15) is 11.5 Å². The minimum atomic E-state index is -3.76. The Kier molecular flexibility index (Phi) is 9.08. The fraction of sp³-hybridized carbons (Fsp3) is 0.478. The molecule has 0 radical (unpaired) electrons. The highest BCUT2D eigenvalue weighted by Crippen LogP contribution is 2.49. The van der Waals surface area contributed by atoms with E-state index in [0.717, 1.165) is 36.3 Å². The Morgan fingerprint density at radius 3 is 1.68 bits per heavy atom. The molecule has 4 nitrogen and oxygen atoms in total. The molecule has 0 saturated carbocycles. The molecule has 0 atom stereocenters. The van der Waals surface area contributed by atoms with Crippen molar-refractivity contribution in [1.29, 1.82) is 0 Å². The lowest BCUT2D eigenvalue weighted by atomic mass is 10.0. The first-order chi connectivity index (χ1) is 13.4. The van der Waals surface area contributed by atoms with Crippen LogP contribution in [0.4, 0.5) is 0 Å². The van der Waals surface area contributed by atoms with Crippen LogP contribution in [0.3, 0.4) is 0 Å². The minimum Gasteiger partial charge on any atom is -0.395 e. The van der Waals surface area contributed by atoms with Crippen molar-refractivity contribution in [3.63, 3.8) is 0 Å². The Hall–Kier alpha value is -1.77. The molecule has 5 heteroatoms. The van der Waals surface area contributed by atoms with E-state index in [2.05, 4.69) is 13.8 Å². The first-order valence-corrected chi connectivity index (χ1v) is 11.6. The molecule has 154 valence electrons. The summed E-state index contributed by atoms with van der Waals surface area (Å²) in [6.45, 7) is 8.80. The van der Waals surface area contributed by atoms with Gasteiger partial charge in [0.2, 0.25) is 0 Å². The van der Waals surface area contributed by atoms with Gasteiger partial charge in [-0.15, -0.1) is 0 Å². The predicted octanol–water partition coefficient (Wildman–Crippen LogP) is 7.49. The van der Waals surface area contributed by atoms with Crippen molar-refractivity contribution >= 4 is 7.82 Å². The SMILES string of the molecule is Cc1ccc(OP(=O)(OCCCCCCC(C)C)Oc2ccc(C)cc2)cc1. The van der Waals surface area contributed by atoms with E-state index in [1.165, 1.54) is 12.8 Å². The molecular weight excluding hydrogens is 371 g/mol. The van der Waals surface area contributed by atoms with Crippen molar-refractivity contribution in [2.75, 3.05) is 6.61 Å². The summed E-state index contributed by atoms with van der Waals surface area (Å²) in [4.78, 5) is 0. The average Bonchev–Trinajstić information content (AvgIpc) is 2.64. The summed E-state index contributed by atoms with van der Waals surface area (Å²) in [5.74, 6) is 1.68. The maximum atomic E-state index is 13.2. The Morgan fingerprint density at radius 1 is 0.750 bits per heavy atom. The van der Waals surface area contributed by atoms with E-state index in [-0.39, 0.29) is 0 Å². The largest absolute Gasteiger partial charge is 0.587 e. The van der Waals surface area contributed by atoms with Gasteiger partial charge in [0, 0.05) is 0 Å². The molecule has 28 heavy (non-hydrogen) atoms.